The average Bonchev–Trinajstić information content (AvgIpc) is 2.45. The predicted octanol–water partition coefficient (Wildman–Crippen LogP) is 6.32. The first-order valence-electron chi connectivity index (χ1n) is 6.80. The fourth-order valence-corrected chi connectivity index (χ4v) is 2.66. The lowest BCUT2D eigenvalue weighted by Crippen LogP contribution is -1.84. The maximum Gasteiger partial charge on any atom is 0.0181 e. The van der Waals surface area contributed by atoms with E-state index in [1.807, 2.05) is 0 Å². The Morgan fingerprint density at radius 1 is 1.00 bits per heavy atom. The molecule has 0 aliphatic heterocycles. The van der Waals surface area contributed by atoms with Gasteiger partial charge in [0.25, 0.3) is 0 Å². The van der Waals surface area contributed by atoms with Gasteiger partial charge in [-0.2, -0.15) is 0 Å². The Balaban J connectivity index is 2.30. The summed E-state index contributed by atoms with van der Waals surface area (Å²) in [6.45, 7) is 4.40. The van der Waals surface area contributed by atoms with Crippen molar-refractivity contribution < 1.29 is 0 Å². The van der Waals surface area contributed by atoms with Crippen molar-refractivity contribution in [2.45, 2.75) is 26.7 Å². The molecule has 0 N–H and O–H groups in total. The van der Waals surface area contributed by atoms with E-state index < -0.39 is 0 Å². The van der Waals surface area contributed by atoms with Gasteiger partial charge in [-0.3, -0.25) is 0 Å². The first kappa shape index (κ1) is 14.1. The highest BCUT2D eigenvalue weighted by molar-refractivity contribution is 9.10. The van der Waals surface area contributed by atoms with E-state index in [0.717, 1.165) is 17.3 Å². The van der Waals surface area contributed by atoms with Crippen molar-refractivity contribution in [1.82, 2.24) is 0 Å². The topological polar surface area (TPSA) is 0 Å². The van der Waals surface area contributed by atoms with Crippen LogP contribution in [0.4, 0.5) is 0 Å². The minimum absolute atomic E-state index is 1.09. The third kappa shape index (κ3) is 3.57. The normalized spacial score (nSPS) is 11.6. The van der Waals surface area contributed by atoms with Gasteiger partial charge in [-0.25, -0.2) is 0 Å². The van der Waals surface area contributed by atoms with E-state index in [1.54, 1.807) is 0 Å². The lowest BCUT2D eigenvalue weighted by molar-refractivity contribution is 1.17. The van der Waals surface area contributed by atoms with Crippen molar-refractivity contribution in [3.05, 3.63) is 64.6 Å². The van der Waals surface area contributed by atoms with Gasteiger partial charge in [0.2, 0.25) is 0 Å². The van der Waals surface area contributed by atoms with E-state index >= 15 is 0 Å². The predicted molar refractivity (Wildman–Crippen MR) is 88.1 cm³/mol. The van der Waals surface area contributed by atoms with Gasteiger partial charge in [0.15, 0.2) is 0 Å². The maximum absolute atomic E-state index is 3.52. The second kappa shape index (κ2) is 6.72. The van der Waals surface area contributed by atoms with Crippen molar-refractivity contribution in [3.63, 3.8) is 0 Å². The van der Waals surface area contributed by atoms with E-state index in [9.17, 15) is 0 Å². The maximum atomic E-state index is 3.52. The first-order valence-corrected chi connectivity index (χ1v) is 7.59. The number of benzene rings is 2. The molecule has 0 bridgehead atoms. The molecule has 0 saturated carbocycles. The van der Waals surface area contributed by atoms with Crippen LogP contribution in [0.3, 0.4) is 0 Å². The number of allylic oxidation sites excluding steroid dienone is 2. The standard InChI is InChI=1S/C18H19Br/c1-3-6-14(4-2)15-9-11-16(12-10-15)17-7-5-8-18(19)13-17/h5-13H,3-4H2,1-2H3/b14-6+. The molecule has 0 fully saturated rings. The summed E-state index contributed by atoms with van der Waals surface area (Å²) in [5, 5.41) is 0. The average molecular weight is 315 g/mol. The summed E-state index contributed by atoms with van der Waals surface area (Å²) in [4.78, 5) is 0. The highest BCUT2D eigenvalue weighted by atomic mass is 79.9. The fourth-order valence-electron chi connectivity index (χ4n) is 2.26. The summed E-state index contributed by atoms with van der Waals surface area (Å²) in [6.07, 6.45) is 4.49. The zero-order valence-corrected chi connectivity index (χ0v) is 13.1. The summed E-state index contributed by atoms with van der Waals surface area (Å²) in [6, 6.07) is 17.3. The Kier molecular flexibility index (Phi) is 4.98. The molecule has 0 spiro atoms. The van der Waals surface area contributed by atoms with Gasteiger partial charge in [-0.05, 0) is 47.2 Å². The van der Waals surface area contributed by atoms with Crippen LogP contribution < -0.4 is 0 Å². The summed E-state index contributed by atoms with van der Waals surface area (Å²) in [5.41, 5.74) is 5.28. The van der Waals surface area contributed by atoms with Crippen LogP contribution >= 0.6 is 15.9 Å². The molecule has 2 aromatic carbocycles. The van der Waals surface area contributed by atoms with Gasteiger partial charge < -0.3 is 0 Å². The van der Waals surface area contributed by atoms with E-state index in [4.69, 9.17) is 0 Å². The van der Waals surface area contributed by atoms with Crippen molar-refractivity contribution in [1.29, 1.82) is 0 Å². The van der Waals surface area contributed by atoms with E-state index in [1.165, 1.54) is 22.3 Å². The third-order valence-electron chi connectivity index (χ3n) is 3.25. The Morgan fingerprint density at radius 3 is 2.32 bits per heavy atom. The van der Waals surface area contributed by atoms with Crippen LogP contribution in [0.2, 0.25) is 0 Å². The van der Waals surface area contributed by atoms with Gasteiger partial charge >= 0.3 is 0 Å². The van der Waals surface area contributed by atoms with Crippen LogP contribution in [0.5, 0.6) is 0 Å². The minimum Gasteiger partial charge on any atom is -0.0810 e. The molecular weight excluding hydrogens is 296 g/mol. The number of hydrogen-bond acceptors (Lipinski definition) is 0. The highest BCUT2D eigenvalue weighted by Gasteiger charge is 2.01. The first-order chi connectivity index (χ1) is 9.24. The molecule has 0 atom stereocenters. The zero-order valence-electron chi connectivity index (χ0n) is 11.5. The number of rotatable bonds is 4. The highest BCUT2D eigenvalue weighted by Crippen LogP contribution is 2.26. The quantitative estimate of drug-likeness (QED) is 0.619. The molecule has 0 aromatic heterocycles. The summed E-state index contributed by atoms with van der Waals surface area (Å²) in [5.74, 6) is 0. The molecule has 0 saturated heterocycles. The monoisotopic (exact) mass is 314 g/mol. The molecule has 0 aliphatic rings. The van der Waals surface area contributed by atoms with Gasteiger partial charge in [-0.15, -0.1) is 0 Å². The van der Waals surface area contributed by atoms with Gasteiger partial charge in [-0.1, -0.05) is 72.3 Å². The van der Waals surface area contributed by atoms with Crippen LogP contribution in [0, 0.1) is 0 Å². The third-order valence-corrected chi connectivity index (χ3v) is 3.74. The van der Waals surface area contributed by atoms with E-state index in [2.05, 4.69) is 84.4 Å². The minimum atomic E-state index is 1.09. The summed E-state index contributed by atoms with van der Waals surface area (Å²) >= 11 is 3.52. The second-order valence-corrected chi connectivity index (χ2v) is 5.49. The lowest BCUT2D eigenvalue weighted by atomic mass is 9.98. The Labute approximate surface area is 124 Å². The zero-order chi connectivity index (χ0) is 13.7. The lowest BCUT2D eigenvalue weighted by Gasteiger charge is -2.07. The van der Waals surface area contributed by atoms with Crippen molar-refractivity contribution in [2.75, 3.05) is 0 Å². The summed E-state index contributed by atoms with van der Waals surface area (Å²) in [7, 11) is 0. The van der Waals surface area contributed by atoms with Crippen LogP contribution in [0.15, 0.2) is 59.1 Å². The Morgan fingerprint density at radius 2 is 1.74 bits per heavy atom. The Bertz CT molecular complexity index is 564. The fraction of sp³-hybridized carbons (Fsp3) is 0.222. The number of hydrogen-bond donors (Lipinski definition) is 0. The molecule has 0 unspecified atom stereocenters. The molecule has 2 aromatic rings. The molecule has 1 heteroatoms. The molecule has 0 heterocycles. The van der Waals surface area contributed by atoms with Gasteiger partial charge in [0, 0.05) is 4.47 Å². The van der Waals surface area contributed by atoms with Gasteiger partial charge in [0.05, 0.1) is 0 Å². The van der Waals surface area contributed by atoms with Gasteiger partial charge in [0.1, 0.15) is 0 Å². The molecule has 0 amide bonds. The Hall–Kier alpha value is -1.34. The molecule has 98 valence electrons. The molecule has 0 radical (unpaired) electrons. The number of halogens is 1. The van der Waals surface area contributed by atoms with Crippen molar-refractivity contribution >= 4 is 21.5 Å². The second-order valence-electron chi connectivity index (χ2n) is 4.58. The smallest absolute Gasteiger partial charge is 0.0181 e. The van der Waals surface area contributed by atoms with Crippen molar-refractivity contribution in [2.24, 2.45) is 0 Å². The molecular formula is C18H19Br. The molecule has 2 rings (SSSR count). The van der Waals surface area contributed by atoms with Crippen LogP contribution in [-0.2, 0) is 0 Å². The van der Waals surface area contributed by atoms with Crippen LogP contribution in [0.25, 0.3) is 16.7 Å². The molecule has 0 aliphatic carbocycles. The summed E-state index contributed by atoms with van der Waals surface area (Å²) < 4.78 is 1.12. The molecule has 19 heavy (non-hydrogen) atoms. The van der Waals surface area contributed by atoms with E-state index in [-0.39, 0.29) is 0 Å². The van der Waals surface area contributed by atoms with Crippen molar-refractivity contribution in [3.8, 4) is 11.1 Å². The largest absolute Gasteiger partial charge is 0.0810 e. The SMILES string of the molecule is CC/C=C(\CC)c1ccc(-c2cccc(Br)c2)cc1. The van der Waals surface area contributed by atoms with E-state index in [0.29, 0.717) is 0 Å². The van der Waals surface area contributed by atoms with Crippen LogP contribution in [0.1, 0.15) is 32.3 Å². The molecule has 0 nitrogen and oxygen atoms in total. The van der Waals surface area contributed by atoms with Crippen LogP contribution in [-0.4, -0.2) is 0 Å².